The molecule has 0 bridgehead atoms. The molecule has 4 heteroatoms. The summed E-state index contributed by atoms with van der Waals surface area (Å²) in [6.07, 6.45) is 1.63. The summed E-state index contributed by atoms with van der Waals surface area (Å²) in [6.45, 7) is 10.7. The molecule has 0 radical (unpaired) electrons. The molecule has 0 atom stereocenters. The Labute approximate surface area is 156 Å². The van der Waals surface area contributed by atoms with Gasteiger partial charge in [-0.1, -0.05) is 71.0 Å². The molecular formula is C22H28N2O2. The monoisotopic (exact) mass is 352 g/mol. The molecule has 1 N–H and O–H groups in total. The molecular weight excluding hydrogens is 324 g/mol. The topological polar surface area (TPSA) is 50.7 Å². The van der Waals surface area contributed by atoms with Crippen LogP contribution in [0, 0.1) is 0 Å². The van der Waals surface area contributed by atoms with E-state index in [9.17, 15) is 4.79 Å². The zero-order valence-electron chi connectivity index (χ0n) is 16.2. The van der Waals surface area contributed by atoms with Crippen molar-refractivity contribution in [2.75, 3.05) is 6.61 Å². The smallest absolute Gasteiger partial charge is 0.277 e. The van der Waals surface area contributed by atoms with Gasteiger partial charge in [-0.05, 0) is 40.2 Å². The molecule has 0 unspecified atom stereocenters. The van der Waals surface area contributed by atoms with Crippen LogP contribution in [0.5, 0.6) is 5.75 Å². The van der Waals surface area contributed by atoms with Crippen molar-refractivity contribution in [2.24, 2.45) is 5.10 Å². The van der Waals surface area contributed by atoms with E-state index in [1.165, 1.54) is 11.1 Å². The first kappa shape index (κ1) is 19.7. The summed E-state index contributed by atoms with van der Waals surface area (Å²) in [6, 6.07) is 15.9. The average molecular weight is 352 g/mol. The Kier molecular flexibility index (Phi) is 6.56. The molecule has 138 valence electrons. The fourth-order valence-corrected chi connectivity index (χ4v) is 2.38. The molecule has 0 aliphatic rings. The Morgan fingerprint density at radius 2 is 1.69 bits per heavy atom. The number of carbonyl (C=O) groups is 1. The summed E-state index contributed by atoms with van der Waals surface area (Å²) >= 11 is 0. The first-order valence-electron chi connectivity index (χ1n) is 8.91. The van der Waals surface area contributed by atoms with Gasteiger partial charge < -0.3 is 4.74 Å². The second-order valence-corrected chi connectivity index (χ2v) is 7.68. The van der Waals surface area contributed by atoms with Crippen LogP contribution >= 0.6 is 0 Å². The second-order valence-electron chi connectivity index (χ2n) is 7.68. The van der Waals surface area contributed by atoms with Crippen molar-refractivity contribution in [2.45, 2.75) is 46.0 Å². The third-order valence-corrected chi connectivity index (χ3v) is 4.10. The van der Waals surface area contributed by atoms with Crippen molar-refractivity contribution in [1.82, 2.24) is 5.43 Å². The van der Waals surface area contributed by atoms with E-state index in [0.717, 1.165) is 5.56 Å². The molecule has 0 saturated heterocycles. The number of nitrogens with one attached hydrogen (secondary N) is 1. The molecule has 0 aliphatic carbocycles. The minimum absolute atomic E-state index is 0.0709. The van der Waals surface area contributed by atoms with E-state index in [1.54, 1.807) is 6.21 Å². The van der Waals surface area contributed by atoms with Gasteiger partial charge in [0.1, 0.15) is 5.75 Å². The number of hydrazone groups is 1. The fourth-order valence-electron chi connectivity index (χ4n) is 2.38. The molecule has 0 saturated carbocycles. The minimum Gasteiger partial charge on any atom is -0.484 e. The second kappa shape index (κ2) is 8.65. The molecule has 1 amide bonds. The maximum atomic E-state index is 11.8. The molecule has 26 heavy (non-hydrogen) atoms. The van der Waals surface area contributed by atoms with Crippen LogP contribution < -0.4 is 10.2 Å². The first-order valence-corrected chi connectivity index (χ1v) is 8.91. The third-order valence-electron chi connectivity index (χ3n) is 4.10. The van der Waals surface area contributed by atoms with Crippen LogP contribution in [0.15, 0.2) is 53.6 Å². The normalized spacial score (nSPS) is 11.8. The number of hydrogen-bond acceptors (Lipinski definition) is 3. The first-order chi connectivity index (χ1) is 12.3. The lowest BCUT2D eigenvalue weighted by Crippen LogP contribution is -2.24. The predicted molar refractivity (Wildman–Crippen MR) is 107 cm³/mol. The van der Waals surface area contributed by atoms with Crippen molar-refractivity contribution >= 4 is 12.1 Å². The van der Waals surface area contributed by atoms with E-state index < -0.39 is 0 Å². The van der Waals surface area contributed by atoms with Gasteiger partial charge in [0, 0.05) is 0 Å². The molecule has 0 fully saturated rings. The molecule has 0 aliphatic heterocycles. The van der Waals surface area contributed by atoms with Crippen LogP contribution in [-0.2, 0) is 10.2 Å². The van der Waals surface area contributed by atoms with Gasteiger partial charge in [-0.3, -0.25) is 4.79 Å². The van der Waals surface area contributed by atoms with Crippen LogP contribution in [0.2, 0.25) is 0 Å². The van der Waals surface area contributed by atoms with Crippen LogP contribution in [0.1, 0.15) is 57.2 Å². The lowest BCUT2D eigenvalue weighted by atomic mass is 9.87. The molecule has 4 nitrogen and oxygen atoms in total. The van der Waals surface area contributed by atoms with E-state index in [4.69, 9.17) is 4.74 Å². The lowest BCUT2D eigenvalue weighted by Gasteiger charge is -2.19. The van der Waals surface area contributed by atoms with Crippen LogP contribution in [0.3, 0.4) is 0 Å². The highest BCUT2D eigenvalue weighted by Crippen LogP contribution is 2.24. The highest BCUT2D eigenvalue weighted by molar-refractivity contribution is 5.82. The molecule has 0 heterocycles. The van der Waals surface area contributed by atoms with Crippen molar-refractivity contribution < 1.29 is 9.53 Å². The van der Waals surface area contributed by atoms with E-state index in [1.807, 2.05) is 36.4 Å². The van der Waals surface area contributed by atoms with Gasteiger partial charge in [0.2, 0.25) is 0 Å². The van der Waals surface area contributed by atoms with Crippen molar-refractivity contribution in [3.8, 4) is 5.75 Å². The highest BCUT2D eigenvalue weighted by atomic mass is 16.5. The summed E-state index contributed by atoms with van der Waals surface area (Å²) < 4.78 is 5.49. The molecule has 2 rings (SSSR count). The van der Waals surface area contributed by atoms with Gasteiger partial charge in [0.25, 0.3) is 5.91 Å². The lowest BCUT2D eigenvalue weighted by molar-refractivity contribution is -0.123. The van der Waals surface area contributed by atoms with Gasteiger partial charge in [0.15, 0.2) is 6.61 Å². The quantitative estimate of drug-likeness (QED) is 0.608. The summed E-state index contributed by atoms with van der Waals surface area (Å²) in [5, 5.41) is 3.97. The third kappa shape index (κ3) is 6.03. The Hall–Kier alpha value is -2.62. The predicted octanol–water partition coefficient (Wildman–Crippen LogP) is 4.64. The van der Waals surface area contributed by atoms with Crippen molar-refractivity contribution in [3.63, 3.8) is 0 Å². The average Bonchev–Trinajstić information content (AvgIpc) is 2.60. The number of amides is 1. The van der Waals surface area contributed by atoms with E-state index >= 15 is 0 Å². The van der Waals surface area contributed by atoms with Crippen LogP contribution in [-0.4, -0.2) is 18.7 Å². The van der Waals surface area contributed by atoms with Crippen molar-refractivity contribution in [3.05, 3.63) is 65.2 Å². The standard InChI is InChI=1S/C22H28N2O2/c1-16(2)18-8-6-17(7-9-18)14-23-24-21(25)15-26-20-12-10-19(11-13-20)22(3,4)5/h6-14,16H,15H2,1-5H3,(H,24,25)/b23-14+. The van der Waals surface area contributed by atoms with Crippen LogP contribution in [0.4, 0.5) is 0 Å². The SMILES string of the molecule is CC(C)c1ccc(/C=N/NC(=O)COc2ccc(C(C)(C)C)cc2)cc1. The zero-order valence-corrected chi connectivity index (χ0v) is 16.2. The Balaban J connectivity index is 1.79. The molecule has 2 aromatic carbocycles. The van der Waals surface area contributed by atoms with E-state index in [-0.39, 0.29) is 17.9 Å². The summed E-state index contributed by atoms with van der Waals surface area (Å²) in [4.78, 5) is 11.8. The number of nitrogens with zero attached hydrogens (tertiary/aromatic N) is 1. The highest BCUT2D eigenvalue weighted by Gasteiger charge is 2.13. The zero-order chi connectivity index (χ0) is 19.2. The van der Waals surface area contributed by atoms with Crippen molar-refractivity contribution in [1.29, 1.82) is 0 Å². The largest absolute Gasteiger partial charge is 0.484 e. The number of ether oxygens (including phenoxy) is 1. The summed E-state index contributed by atoms with van der Waals surface area (Å²) in [7, 11) is 0. The van der Waals surface area contributed by atoms with Gasteiger partial charge in [0.05, 0.1) is 6.21 Å². The Bertz CT molecular complexity index is 739. The summed E-state index contributed by atoms with van der Waals surface area (Å²) in [5.74, 6) is 0.872. The Morgan fingerprint density at radius 3 is 2.23 bits per heavy atom. The van der Waals surface area contributed by atoms with E-state index in [0.29, 0.717) is 11.7 Å². The van der Waals surface area contributed by atoms with Gasteiger partial charge >= 0.3 is 0 Å². The maximum Gasteiger partial charge on any atom is 0.277 e. The molecule has 0 aromatic heterocycles. The Morgan fingerprint density at radius 1 is 1.08 bits per heavy atom. The number of rotatable bonds is 6. The molecule has 2 aromatic rings. The number of benzene rings is 2. The van der Waals surface area contributed by atoms with Crippen LogP contribution in [0.25, 0.3) is 0 Å². The fraction of sp³-hybridized carbons (Fsp3) is 0.364. The van der Waals surface area contributed by atoms with Gasteiger partial charge in [-0.15, -0.1) is 0 Å². The maximum absolute atomic E-state index is 11.8. The number of hydrogen-bond donors (Lipinski definition) is 1. The van der Waals surface area contributed by atoms with Gasteiger partial charge in [-0.2, -0.15) is 5.10 Å². The van der Waals surface area contributed by atoms with E-state index in [2.05, 4.69) is 57.3 Å². The number of carbonyl (C=O) groups excluding carboxylic acids is 1. The molecule has 0 spiro atoms. The van der Waals surface area contributed by atoms with Gasteiger partial charge in [-0.25, -0.2) is 5.43 Å². The minimum atomic E-state index is -0.292. The summed E-state index contributed by atoms with van der Waals surface area (Å²) in [5.41, 5.74) is 6.01.